The molecule has 0 amide bonds. The van der Waals surface area contributed by atoms with Crippen LogP contribution >= 0.6 is 0 Å². The molecule has 0 heterocycles. The van der Waals surface area contributed by atoms with E-state index in [-0.39, 0.29) is 11.4 Å². The lowest BCUT2D eigenvalue weighted by atomic mass is 9.67. The van der Waals surface area contributed by atoms with Crippen molar-refractivity contribution in [2.45, 2.75) is 10.8 Å². The molecule has 14 aromatic rings. The highest BCUT2D eigenvalue weighted by Crippen LogP contribution is 2.60. The van der Waals surface area contributed by atoms with Gasteiger partial charge in [0.15, 0.2) is 23.3 Å². The summed E-state index contributed by atoms with van der Waals surface area (Å²) in [6.07, 6.45) is 3.53. The van der Waals surface area contributed by atoms with Crippen molar-refractivity contribution >= 4 is 46.3 Å². The largest absolute Gasteiger partial charge is 0.457 e. The van der Waals surface area contributed by atoms with Gasteiger partial charge in [-0.1, -0.05) is 195 Å². The van der Waals surface area contributed by atoms with Crippen LogP contribution in [0.25, 0.3) is 45.5 Å². The molecule has 482 valence electrons. The molecule has 1 unspecified atom stereocenters. The first-order chi connectivity index (χ1) is 48.9. The van der Waals surface area contributed by atoms with Crippen LogP contribution in [0.15, 0.2) is 329 Å². The molecule has 0 saturated heterocycles. The fourth-order valence-corrected chi connectivity index (χ4v) is 14.7. The van der Waals surface area contributed by atoms with Crippen LogP contribution in [-0.4, -0.2) is 0 Å². The Labute approximate surface area is 575 Å². The van der Waals surface area contributed by atoms with Gasteiger partial charge in [-0.25, -0.2) is 26.3 Å². The highest BCUT2D eigenvalue weighted by Gasteiger charge is 2.48. The van der Waals surface area contributed by atoms with Gasteiger partial charge in [-0.3, -0.25) is 0 Å². The third-order valence-electron chi connectivity index (χ3n) is 19.3. The van der Waals surface area contributed by atoms with Crippen LogP contribution < -0.4 is 19.3 Å². The number of nitrogens with zero attached hydrogens (tertiary/aromatic N) is 2. The first-order valence-corrected chi connectivity index (χ1v) is 32.6. The van der Waals surface area contributed by atoms with Crippen LogP contribution in [0.5, 0.6) is 23.0 Å². The molecular weight excluding hydrogens is 1250 g/mol. The summed E-state index contributed by atoms with van der Waals surface area (Å²) in [5.74, 6) is -2.45. The minimum atomic E-state index is -1.05. The van der Waals surface area contributed by atoms with Gasteiger partial charge in [-0.05, 0) is 235 Å². The van der Waals surface area contributed by atoms with E-state index in [1.807, 2.05) is 206 Å². The van der Waals surface area contributed by atoms with Crippen LogP contribution in [0.2, 0.25) is 0 Å². The van der Waals surface area contributed by atoms with Crippen LogP contribution in [0.1, 0.15) is 55.6 Å². The molecule has 10 heteroatoms. The smallest absolute Gasteiger partial charge is 0.182 e. The van der Waals surface area contributed by atoms with Gasteiger partial charge in [0, 0.05) is 22.7 Å². The summed E-state index contributed by atoms with van der Waals surface area (Å²) in [4.78, 5) is 3.39. The second-order valence-corrected chi connectivity index (χ2v) is 24.8. The molecule has 0 bridgehead atoms. The maximum absolute atomic E-state index is 16.7. The number of rotatable bonds is 17. The topological polar surface area (TPSA) is 24.9 Å². The number of hydrogen-bond donors (Lipinski definition) is 0. The molecule has 0 aliphatic heterocycles. The van der Waals surface area contributed by atoms with Crippen molar-refractivity contribution in [3.63, 3.8) is 0 Å². The van der Waals surface area contributed by atoms with E-state index in [1.165, 1.54) is 36.4 Å². The molecule has 0 saturated carbocycles. The second kappa shape index (κ2) is 25.4. The van der Waals surface area contributed by atoms with Gasteiger partial charge in [0.1, 0.15) is 34.6 Å². The van der Waals surface area contributed by atoms with Crippen molar-refractivity contribution in [1.82, 2.24) is 0 Å². The average molecular weight is 1310 g/mol. The van der Waals surface area contributed by atoms with Crippen molar-refractivity contribution < 1.29 is 35.8 Å². The molecule has 2 atom stereocenters. The standard InChI is InChI=1S/C90H58F6N2O2/c1-3-57-19-45-71(46-20-57)99-73-49-31-63(32-50-73)89(61-27-35-65(91)36-28-61)79-13-7-5-11-75(79)77-53-43-69(55-81(77)89)97(85-17-9-15-83(93)87(85)95)67-39-23-59(24-40-67)60-25-41-68(42-26-60)98(86-18-10-16-84(94)88(86)96)70-44-54-78-76-12-6-8-14-80(76)90(82(78)56-70,62-29-37-66(92)38-30-62)64-33-51-74(52-34-64)100-72-47-21-58(4-2)22-48-72/h3-56H,1-2H2/t89-,90?/m0/s1. The van der Waals surface area contributed by atoms with E-state index in [9.17, 15) is 0 Å². The lowest BCUT2D eigenvalue weighted by Crippen LogP contribution is -2.29. The molecule has 14 aromatic carbocycles. The van der Waals surface area contributed by atoms with Crippen molar-refractivity contribution in [1.29, 1.82) is 0 Å². The quantitative estimate of drug-likeness (QED) is 0.0849. The summed E-state index contributed by atoms with van der Waals surface area (Å²) >= 11 is 0. The maximum Gasteiger partial charge on any atom is 0.182 e. The zero-order valence-corrected chi connectivity index (χ0v) is 53.6. The van der Waals surface area contributed by atoms with Crippen LogP contribution in [-0.2, 0) is 10.8 Å². The lowest BCUT2D eigenvalue weighted by Gasteiger charge is -2.35. The predicted molar refractivity (Wildman–Crippen MR) is 389 cm³/mol. The summed E-state index contributed by atoms with van der Waals surface area (Å²) in [6.45, 7) is 7.73. The van der Waals surface area contributed by atoms with Gasteiger partial charge in [-0.2, -0.15) is 0 Å². The normalized spacial score (nSPS) is 14.7. The second-order valence-electron chi connectivity index (χ2n) is 24.8. The summed E-state index contributed by atoms with van der Waals surface area (Å²) in [5.41, 5.74) is 13.9. The fraction of sp³-hybridized carbons (Fsp3) is 0.0222. The highest BCUT2D eigenvalue weighted by atomic mass is 19.2. The molecular formula is C90H58F6N2O2. The number of ether oxygens (including phenoxy) is 2. The summed E-state index contributed by atoms with van der Waals surface area (Å²) in [5, 5.41) is 0. The number of halogens is 6. The van der Waals surface area contributed by atoms with E-state index in [2.05, 4.69) is 37.4 Å². The van der Waals surface area contributed by atoms with E-state index >= 15 is 26.3 Å². The van der Waals surface area contributed by atoms with Gasteiger partial charge >= 0.3 is 0 Å². The van der Waals surface area contributed by atoms with Crippen LogP contribution in [0, 0.1) is 34.9 Å². The minimum absolute atomic E-state index is 0.0353. The molecule has 2 aliphatic rings. The molecule has 4 nitrogen and oxygen atoms in total. The van der Waals surface area contributed by atoms with Crippen molar-refractivity contribution in [2.24, 2.45) is 0 Å². The SMILES string of the molecule is C=Cc1ccc(Oc2ccc(C3(c4ccc(F)cc4)c4ccccc4-c4ccc(N(c5ccc(-c6ccc(N(c7ccc8c(c7)[C@@](c7ccc(F)cc7)(c7ccc(Oc9ccc(C=C)cc9)cc7)c7ccccc7-8)c7cccc(F)c7F)cc6)cc5)c5cccc(F)c5F)cc43)cc2)cc1. The van der Waals surface area contributed by atoms with Gasteiger partial charge in [0.05, 0.1) is 22.2 Å². The fourth-order valence-electron chi connectivity index (χ4n) is 14.7. The van der Waals surface area contributed by atoms with Crippen molar-refractivity contribution in [3.05, 3.63) is 419 Å². The third kappa shape index (κ3) is 10.6. The number of anilines is 6. The lowest BCUT2D eigenvalue weighted by molar-refractivity contribution is 0.482. The van der Waals surface area contributed by atoms with Crippen molar-refractivity contribution in [3.8, 4) is 56.4 Å². The van der Waals surface area contributed by atoms with Gasteiger partial charge in [0.25, 0.3) is 0 Å². The molecule has 0 N–H and O–H groups in total. The summed E-state index contributed by atoms with van der Waals surface area (Å²) in [6, 6.07) is 95.1. The Bertz CT molecular complexity index is 5110. The Morgan fingerprint density at radius 1 is 0.280 bits per heavy atom. The molecule has 0 fully saturated rings. The molecule has 100 heavy (non-hydrogen) atoms. The number of fused-ring (bicyclic) bond motifs is 6. The summed E-state index contributed by atoms with van der Waals surface area (Å²) in [7, 11) is 0. The molecule has 0 spiro atoms. The maximum atomic E-state index is 16.7. The molecule has 2 aliphatic carbocycles. The van der Waals surface area contributed by atoms with Crippen LogP contribution in [0.4, 0.5) is 60.5 Å². The zero-order valence-electron chi connectivity index (χ0n) is 53.6. The van der Waals surface area contributed by atoms with Crippen molar-refractivity contribution in [2.75, 3.05) is 9.80 Å². The van der Waals surface area contributed by atoms with E-state index in [4.69, 9.17) is 9.47 Å². The minimum Gasteiger partial charge on any atom is -0.457 e. The first-order valence-electron chi connectivity index (χ1n) is 32.6. The average Bonchev–Trinajstić information content (AvgIpc) is 1.54. The Kier molecular flexibility index (Phi) is 15.8. The molecule has 0 radical (unpaired) electrons. The Hall–Kier alpha value is -12.7. The van der Waals surface area contributed by atoms with E-state index in [0.717, 1.165) is 101 Å². The van der Waals surface area contributed by atoms with Gasteiger partial charge < -0.3 is 19.3 Å². The van der Waals surface area contributed by atoms with E-state index in [0.29, 0.717) is 45.7 Å². The zero-order chi connectivity index (χ0) is 68.2. The first kappa shape index (κ1) is 62.2. The van der Waals surface area contributed by atoms with E-state index < -0.39 is 45.7 Å². The predicted octanol–water partition coefficient (Wildman–Crippen LogP) is 24.7. The monoisotopic (exact) mass is 1310 g/mol. The Morgan fingerprint density at radius 2 is 0.590 bits per heavy atom. The van der Waals surface area contributed by atoms with E-state index in [1.54, 1.807) is 58.4 Å². The Balaban J connectivity index is 0.778. The van der Waals surface area contributed by atoms with Crippen LogP contribution in [0.3, 0.4) is 0 Å². The van der Waals surface area contributed by atoms with Gasteiger partial charge in [-0.15, -0.1) is 0 Å². The highest BCUT2D eigenvalue weighted by molar-refractivity contribution is 5.92. The third-order valence-corrected chi connectivity index (χ3v) is 19.3. The van der Waals surface area contributed by atoms with Gasteiger partial charge in [0.2, 0.25) is 0 Å². The number of hydrogen-bond acceptors (Lipinski definition) is 4. The number of benzene rings is 14. The Morgan fingerprint density at radius 3 is 0.940 bits per heavy atom. The molecule has 16 rings (SSSR count). The summed E-state index contributed by atoms with van der Waals surface area (Å²) < 4.78 is 108. The molecule has 0 aromatic heterocycles.